The molecule has 0 N–H and O–H groups in total. The van der Waals surface area contributed by atoms with Crippen molar-refractivity contribution < 1.29 is 19.1 Å². The molecule has 4 nitrogen and oxygen atoms in total. The third-order valence-corrected chi connectivity index (χ3v) is 10.1. The highest BCUT2D eigenvalue weighted by molar-refractivity contribution is 5.89. The molecule has 1 aromatic rings. The lowest BCUT2D eigenvalue weighted by Gasteiger charge is -2.60. The van der Waals surface area contributed by atoms with E-state index in [1.54, 1.807) is 0 Å². The van der Waals surface area contributed by atoms with Gasteiger partial charge in [0.15, 0.2) is 0 Å². The number of hydrogen-bond donors (Lipinski definition) is 0. The summed E-state index contributed by atoms with van der Waals surface area (Å²) >= 11 is 0. The maximum Gasteiger partial charge on any atom is 0.338 e. The topological polar surface area (TPSA) is 52.6 Å². The first kappa shape index (κ1) is 22.0. The van der Waals surface area contributed by atoms with Gasteiger partial charge in [-0.25, -0.2) is 4.79 Å². The molecule has 0 aliphatic heterocycles. The largest absolute Gasteiger partial charge is 0.463 e. The molecule has 5 rings (SSSR count). The molecule has 0 bridgehead atoms. The Morgan fingerprint density at radius 1 is 0.844 bits per heavy atom. The fraction of sp³-hybridized carbons (Fsp3) is 0.714. The summed E-state index contributed by atoms with van der Waals surface area (Å²) in [6, 6.07) is 9.43. The molecule has 4 aliphatic rings. The zero-order chi connectivity index (χ0) is 22.5. The standard InChI is InChI=1S/C28H38O4/c1-18(29)31-21-13-15-27(2)20(17-21)9-10-22-23-11-12-25(28(23,3)16-14-24(22)27)32-26(30)19-7-5-4-6-8-19/h4-8,20-25H,9-17H2,1-3H3/t20-,21+,22+,23-,24+,25+,27-,28-/m0/s1. The van der Waals surface area contributed by atoms with Gasteiger partial charge in [-0.1, -0.05) is 32.0 Å². The highest BCUT2D eigenvalue weighted by atomic mass is 16.5. The molecule has 4 fully saturated rings. The van der Waals surface area contributed by atoms with E-state index in [1.165, 1.54) is 39.0 Å². The van der Waals surface area contributed by atoms with Crippen molar-refractivity contribution in [1.29, 1.82) is 0 Å². The lowest BCUT2D eigenvalue weighted by Crippen LogP contribution is -2.54. The van der Waals surface area contributed by atoms with E-state index < -0.39 is 0 Å². The Hall–Kier alpha value is -1.84. The second kappa shape index (κ2) is 8.18. The van der Waals surface area contributed by atoms with Gasteiger partial charge in [-0.2, -0.15) is 0 Å². The molecule has 4 aliphatic carbocycles. The van der Waals surface area contributed by atoms with Crippen LogP contribution in [0.2, 0.25) is 0 Å². The van der Waals surface area contributed by atoms with Crippen LogP contribution in [-0.4, -0.2) is 24.1 Å². The van der Waals surface area contributed by atoms with E-state index in [1.807, 2.05) is 30.3 Å². The van der Waals surface area contributed by atoms with Crippen LogP contribution in [0.5, 0.6) is 0 Å². The normalized spacial score (nSPS) is 42.8. The smallest absolute Gasteiger partial charge is 0.338 e. The van der Waals surface area contributed by atoms with Gasteiger partial charge < -0.3 is 9.47 Å². The molecule has 0 aromatic heterocycles. The SMILES string of the molecule is CC(=O)O[C@@H]1CC[C@@]2(C)[C@@H](CC[C@H]3[C@H]2CC[C@]2(C)[C@H](OC(=O)c4ccccc4)CC[C@@H]32)C1. The number of hydrogen-bond acceptors (Lipinski definition) is 4. The van der Waals surface area contributed by atoms with Gasteiger partial charge in [-0.05, 0) is 99.0 Å². The van der Waals surface area contributed by atoms with Crippen LogP contribution in [0.15, 0.2) is 30.3 Å². The molecule has 0 unspecified atom stereocenters. The molecular formula is C28H38O4. The van der Waals surface area contributed by atoms with Crippen molar-refractivity contribution >= 4 is 11.9 Å². The monoisotopic (exact) mass is 438 g/mol. The highest BCUT2D eigenvalue weighted by Gasteiger charge is 2.61. The number of rotatable bonds is 3. The molecule has 174 valence electrons. The van der Waals surface area contributed by atoms with Crippen molar-refractivity contribution in [2.24, 2.45) is 34.5 Å². The molecule has 0 amide bonds. The Morgan fingerprint density at radius 2 is 1.56 bits per heavy atom. The van der Waals surface area contributed by atoms with Crippen molar-refractivity contribution in [3.63, 3.8) is 0 Å². The molecule has 0 saturated heterocycles. The van der Waals surface area contributed by atoms with E-state index in [4.69, 9.17) is 9.47 Å². The minimum absolute atomic E-state index is 0.0337. The van der Waals surface area contributed by atoms with E-state index in [0.29, 0.717) is 22.8 Å². The van der Waals surface area contributed by atoms with Crippen molar-refractivity contribution in [2.75, 3.05) is 0 Å². The Morgan fingerprint density at radius 3 is 2.31 bits per heavy atom. The number of carbonyl (C=O) groups is 2. The summed E-state index contributed by atoms with van der Waals surface area (Å²) in [7, 11) is 0. The lowest BCUT2D eigenvalue weighted by atomic mass is 9.45. The first-order valence-electron chi connectivity index (χ1n) is 12.7. The maximum absolute atomic E-state index is 12.8. The fourth-order valence-electron chi connectivity index (χ4n) is 8.48. The minimum atomic E-state index is -0.168. The van der Waals surface area contributed by atoms with Gasteiger partial charge in [0, 0.05) is 12.3 Å². The van der Waals surface area contributed by atoms with Gasteiger partial charge in [0.25, 0.3) is 0 Å². The lowest BCUT2D eigenvalue weighted by molar-refractivity contribution is -0.161. The zero-order valence-corrected chi connectivity index (χ0v) is 19.8. The molecule has 8 atom stereocenters. The Bertz CT molecular complexity index is 865. The van der Waals surface area contributed by atoms with E-state index in [0.717, 1.165) is 37.5 Å². The molecule has 1 aromatic carbocycles. The Balaban J connectivity index is 1.30. The molecule has 32 heavy (non-hydrogen) atoms. The molecule has 4 heteroatoms. The van der Waals surface area contributed by atoms with Gasteiger partial charge >= 0.3 is 11.9 Å². The summed E-state index contributed by atoms with van der Waals surface area (Å²) in [5.74, 6) is 2.50. The van der Waals surface area contributed by atoms with Gasteiger partial charge in [0.2, 0.25) is 0 Å². The van der Waals surface area contributed by atoms with E-state index in [2.05, 4.69) is 13.8 Å². The van der Waals surface area contributed by atoms with Crippen LogP contribution in [0.25, 0.3) is 0 Å². The van der Waals surface area contributed by atoms with Gasteiger partial charge in [-0.3, -0.25) is 4.79 Å². The van der Waals surface area contributed by atoms with Crippen LogP contribution in [0, 0.1) is 34.5 Å². The number of benzene rings is 1. The van der Waals surface area contributed by atoms with E-state index >= 15 is 0 Å². The third-order valence-electron chi connectivity index (χ3n) is 10.1. The van der Waals surface area contributed by atoms with Crippen LogP contribution >= 0.6 is 0 Å². The highest BCUT2D eigenvalue weighted by Crippen LogP contribution is 2.66. The second-order valence-electron chi connectivity index (χ2n) is 11.5. The van der Waals surface area contributed by atoms with Crippen molar-refractivity contribution in [3.05, 3.63) is 35.9 Å². The predicted molar refractivity (Wildman–Crippen MR) is 123 cm³/mol. The van der Waals surface area contributed by atoms with Crippen LogP contribution in [0.3, 0.4) is 0 Å². The average molecular weight is 439 g/mol. The first-order chi connectivity index (χ1) is 15.3. The first-order valence-corrected chi connectivity index (χ1v) is 12.7. The number of carbonyl (C=O) groups excluding carboxylic acids is 2. The average Bonchev–Trinajstić information content (AvgIpc) is 3.10. The Kier molecular flexibility index (Phi) is 5.62. The Labute approximate surface area is 192 Å². The summed E-state index contributed by atoms with van der Waals surface area (Å²) in [6.07, 6.45) is 10.5. The quantitative estimate of drug-likeness (QED) is 0.528. The summed E-state index contributed by atoms with van der Waals surface area (Å²) in [5, 5.41) is 0. The fourth-order valence-corrected chi connectivity index (χ4v) is 8.48. The van der Waals surface area contributed by atoms with Crippen LogP contribution in [-0.2, 0) is 14.3 Å². The molecule has 0 spiro atoms. The summed E-state index contributed by atoms with van der Waals surface area (Å²) in [4.78, 5) is 24.3. The minimum Gasteiger partial charge on any atom is -0.463 e. The van der Waals surface area contributed by atoms with Gasteiger partial charge in [-0.15, -0.1) is 0 Å². The third kappa shape index (κ3) is 3.58. The summed E-state index contributed by atoms with van der Waals surface area (Å²) in [6.45, 7) is 6.46. The van der Waals surface area contributed by atoms with E-state index in [-0.39, 0.29) is 29.6 Å². The summed E-state index contributed by atoms with van der Waals surface area (Å²) < 4.78 is 11.8. The summed E-state index contributed by atoms with van der Waals surface area (Å²) in [5.41, 5.74) is 1.12. The van der Waals surface area contributed by atoms with Crippen LogP contribution in [0.4, 0.5) is 0 Å². The molecule has 4 saturated carbocycles. The predicted octanol–water partition coefficient (Wildman–Crippen LogP) is 6.19. The van der Waals surface area contributed by atoms with Crippen LogP contribution < -0.4 is 0 Å². The van der Waals surface area contributed by atoms with Crippen molar-refractivity contribution in [1.82, 2.24) is 0 Å². The molecular weight excluding hydrogens is 400 g/mol. The zero-order valence-electron chi connectivity index (χ0n) is 19.8. The van der Waals surface area contributed by atoms with Crippen LogP contribution in [0.1, 0.15) is 88.9 Å². The van der Waals surface area contributed by atoms with E-state index in [9.17, 15) is 9.59 Å². The van der Waals surface area contributed by atoms with Gasteiger partial charge in [0.1, 0.15) is 12.2 Å². The number of esters is 2. The van der Waals surface area contributed by atoms with Crippen molar-refractivity contribution in [2.45, 2.75) is 90.8 Å². The maximum atomic E-state index is 12.8. The number of fused-ring (bicyclic) bond motifs is 5. The molecule has 0 heterocycles. The van der Waals surface area contributed by atoms with Gasteiger partial charge in [0.05, 0.1) is 5.56 Å². The van der Waals surface area contributed by atoms with Crippen molar-refractivity contribution in [3.8, 4) is 0 Å². The molecule has 0 radical (unpaired) electrons. The second-order valence-corrected chi connectivity index (χ2v) is 11.5. The number of ether oxygens (including phenoxy) is 2.